The van der Waals surface area contributed by atoms with E-state index in [9.17, 15) is 4.79 Å². The molecule has 2 aliphatic rings. The van der Waals surface area contributed by atoms with Crippen LogP contribution in [-0.4, -0.2) is 53.2 Å². The highest BCUT2D eigenvalue weighted by Gasteiger charge is 2.40. The number of aromatic nitrogens is 2. The van der Waals surface area contributed by atoms with E-state index in [1.54, 1.807) is 7.11 Å². The van der Waals surface area contributed by atoms with Crippen molar-refractivity contribution >= 4 is 27.7 Å². The Morgan fingerprint density at radius 1 is 1.08 bits per heavy atom. The van der Waals surface area contributed by atoms with Crippen LogP contribution in [0.2, 0.25) is 0 Å². The topological polar surface area (TPSA) is 59.4 Å². The van der Waals surface area contributed by atoms with Gasteiger partial charge in [0.15, 0.2) is 0 Å². The molecule has 2 aromatic heterocycles. The Morgan fingerprint density at radius 3 is 2.78 bits per heavy atom. The van der Waals surface area contributed by atoms with Gasteiger partial charge in [0.05, 0.1) is 11.4 Å². The molecule has 2 fully saturated rings. The molecule has 6 rings (SSSR count). The first-order valence-electron chi connectivity index (χ1n) is 13.7. The van der Waals surface area contributed by atoms with E-state index in [0.29, 0.717) is 19.1 Å². The van der Waals surface area contributed by atoms with Crippen LogP contribution in [0.5, 0.6) is 0 Å². The zero-order valence-electron chi connectivity index (χ0n) is 21.6. The molecule has 1 amide bonds. The van der Waals surface area contributed by atoms with Crippen molar-refractivity contribution in [1.29, 1.82) is 0 Å². The molecule has 2 atom stereocenters. The number of fused-ring (bicyclic) bond motifs is 2. The first-order chi connectivity index (χ1) is 18.2. The summed E-state index contributed by atoms with van der Waals surface area (Å²) in [4.78, 5) is 21.4. The van der Waals surface area contributed by atoms with Crippen molar-refractivity contribution in [3.05, 3.63) is 78.1 Å². The molecule has 192 valence electrons. The standard InChI is InChI=1S/C31H36N4O2/c1-37-18-6-17-34-20-23(25-8-3-5-10-30(25)34)21-35(24-12-13-24)31(36)27-19-32-16-15-26(27)29-14-11-22-7-2-4-9-28(22)33-29/h2-5,7-11,14,20,24,26-27,32H,6,12-13,15-19,21H2,1H3/t26-,27-/m0/s1. The third-order valence-electron chi connectivity index (χ3n) is 8.03. The maximum Gasteiger partial charge on any atom is 0.228 e. The van der Waals surface area contributed by atoms with Crippen molar-refractivity contribution in [3.8, 4) is 0 Å². The lowest BCUT2D eigenvalue weighted by Crippen LogP contribution is -2.47. The maximum atomic E-state index is 14.2. The second-order valence-corrected chi connectivity index (χ2v) is 10.5. The SMILES string of the molecule is COCCCn1cc(CN(C(=O)[C@H]2CNCC[C@@H]2c2ccc3ccccc3n2)C2CC2)c2ccccc21. The zero-order chi connectivity index (χ0) is 25.2. The minimum atomic E-state index is -0.0990. The number of ether oxygens (including phenoxy) is 1. The van der Waals surface area contributed by atoms with Crippen LogP contribution in [-0.2, 0) is 22.6 Å². The zero-order valence-corrected chi connectivity index (χ0v) is 21.6. The van der Waals surface area contributed by atoms with Crippen molar-refractivity contribution in [2.75, 3.05) is 26.8 Å². The summed E-state index contributed by atoms with van der Waals surface area (Å²) in [5.74, 6) is 0.305. The number of rotatable bonds is 9. The number of nitrogens with zero attached hydrogens (tertiary/aromatic N) is 3. The number of para-hydroxylation sites is 2. The molecule has 6 heteroatoms. The van der Waals surface area contributed by atoms with Crippen molar-refractivity contribution in [3.63, 3.8) is 0 Å². The molecule has 3 heterocycles. The van der Waals surface area contributed by atoms with Gasteiger partial charge in [-0.2, -0.15) is 0 Å². The van der Waals surface area contributed by atoms with Crippen molar-refractivity contribution < 1.29 is 9.53 Å². The van der Waals surface area contributed by atoms with Crippen LogP contribution in [0.15, 0.2) is 66.9 Å². The van der Waals surface area contributed by atoms with E-state index >= 15 is 0 Å². The summed E-state index contributed by atoms with van der Waals surface area (Å²) in [7, 11) is 1.75. The molecule has 1 saturated carbocycles. The predicted octanol–water partition coefficient (Wildman–Crippen LogP) is 5.11. The number of methoxy groups -OCH3 is 1. The third-order valence-corrected chi connectivity index (χ3v) is 8.03. The summed E-state index contributed by atoms with van der Waals surface area (Å²) in [6, 6.07) is 21.4. The number of amides is 1. The van der Waals surface area contributed by atoms with E-state index in [2.05, 4.69) is 69.5 Å². The Bertz CT molecular complexity index is 1390. The number of carbonyl (C=O) groups is 1. The number of piperidine rings is 1. The number of pyridine rings is 1. The van der Waals surface area contributed by atoms with Gasteiger partial charge in [0.1, 0.15) is 0 Å². The summed E-state index contributed by atoms with van der Waals surface area (Å²) < 4.78 is 7.60. The average molecular weight is 497 g/mol. The van der Waals surface area contributed by atoms with Crippen LogP contribution in [0.25, 0.3) is 21.8 Å². The summed E-state index contributed by atoms with van der Waals surface area (Å²) in [5, 5.41) is 5.89. The van der Waals surface area contributed by atoms with E-state index in [1.165, 1.54) is 16.5 Å². The lowest BCUT2D eigenvalue weighted by atomic mass is 9.82. The van der Waals surface area contributed by atoms with Crippen LogP contribution < -0.4 is 5.32 Å². The second kappa shape index (κ2) is 10.6. The molecule has 4 aromatic rings. The first-order valence-corrected chi connectivity index (χ1v) is 13.7. The van der Waals surface area contributed by atoms with Crippen LogP contribution in [0.3, 0.4) is 0 Å². The molecule has 1 N–H and O–H groups in total. The van der Waals surface area contributed by atoms with Crippen LogP contribution >= 0.6 is 0 Å². The molecule has 0 bridgehead atoms. The highest BCUT2D eigenvalue weighted by Crippen LogP contribution is 2.37. The molecular weight excluding hydrogens is 460 g/mol. The maximum absolute atomic E-state index is 14.2. The molecule has 37 heavy (non-hydrogen) atoms. The number of aryl methyl sites for hydroxylation is 1. The second-order valence-electron chi connectivity index (χ2n) is 10.5. The van der Waals surface area contributed by atoms with Crippen LogP contribution in [0, 0.1) is 5.92 Å². The molecule has 0 spiro atoms. The summed E-state index contributed by atoms with van der Waals surface area (Å²) in [6.07, 6.45) is 6.34. The minimum absolute atomic E-state index is 0.0990. The number of benzene rings is 2. The van der Waals surface area contributed by atoms with Gasteiger partial charge in [0.2, 0.25) is 5.91 Å². The minimum Gasteiger partial charge on any atom is -0.385 e. The summed E-state index contributed by atoms with van der Waals surface area (Å²) in [6.45, 7) is 3.94. The fraction of sp³-hybridized carbons (Fsp3) is 0.419. The molecular formula is C31H36N4O2. The van der Waals surface area contributed by atoms with E-state index in [1.807, 2.05) is 12.1 Å². The van der Waals surface area contributed by atoms with E-state index < -0.39 is 0 Å². The molecule has 1 saturated heterocycles. The Morgan fingerprint density at radius 2 is 1.92 bits per heavy atom. The molecule has 1 aliphatic heterocycles. The molecule has 0 radical (unpaired) electrons. The van der Waals surface area contributed by atoms with Gasteiger partial charge in [-0.05, 0) is 56.0 Å². The molecule has 2 aromatic carbocycles. The molecule has 6 nitrogen and oxygen atoms in total. The van der Waals surface area contributed by atoms with Gasteiger partial charge in [-0.1, -0.05) is 42.5 Å². The van der Waals surface area contributed by atoms with E-state index in [-0.39, 0.29) is 17.7 Å². The fourth-order valence-corrected chi connectivity index (χ4v) is 5.94. The first kappa shape index (κ1) is 24.1. The Hall–Kier alpha value is -3.22. The Kier molecular flexibility index (Phi) is 6.94. The fourth-order valence-electron chi connectivity index (χ4n) is 5.94. The average Bonchev–Trinajstić information content (AvgIpc) is 3.74. The van der Waals surface area contributed by atoms with E-state index in [0.717, 1.165) is 62.0 Å². The Labute approximate surface area is 218 Å². The third kappa shape index (κ3) is 5.00. The number of hydrogen-bond donors (Lipinski definition) is 1. The van der Waals surface area contributed by atoms with E-state index in [4.69, 9.17) is 9.72 Å². The number of hydrogen-bond acceptors (Lipinski definition) is 4. The Balaban J connectivity index is 1.28. The highest BCUT2D eigenvalue weighted by molar-refractivity contribution is 5.86. The quantitative estimate of drug-likeness (QED) is 0.327. The molecule has 1 aliphatic carbocycles. The lowest BCUT2D eigenvalue weighted by molar-refractivity contribution is -0.138. The van der Waals surface area contributed by atoms with Gasteiger partial charge in [0, 0.05) is 73.5 Å². The van der Waals surface area contributed by atoms with Crippen molar-refractivity contribution in [1.82, 2.24) is 19.8 Å². The summed E-state index contributed by atoms with van der Waals surface area (Å²) >= 11 is 0. The van der Waals surface area contributed by atoms with Crippen LogP contribution in [0.4, 0.5) is 0 Å². The van der Waals surface area contributed by atoms with Gasteiger partial charge in [-0.15, -0.1) is 0 Å². The van der Waals surface area contributed by atoms with Gasteiger partial charge >= 0.3 is 0 Å². The van der Waals surface area contributed by atoms with Gasteiger partial charge in [0.25, 0.3) is 0 Å². The van der Waals surface area contributed by atoms with Gasteiger partial charge in [-0.25, -0.2) is 0 Å². The van der Waals surface area contributed by atoms with Gasteiger partial charge in [-0.3, -0.25) is 9.78 Å². The smallest absolute Gasteiger partial charge is 0.228 e. The van der Waals surface area contributed by atoms with Crippen molar-refractivity contribution in [2.24, 2.45) is 5.92 Å². The van der Waals surface area contributed by atoms with Crippen LogP contribution in [0.1, 0.15) is 42.9 Å². The highest BCUT2D eigenvalue weighted by atomic mass is 16.5. The normalized spacial score (nSPS) is 19.9. The summed E-state index contributed by atoms with van der Waals surface area (Å²) in [5.41, 5.74) is 4.51. The predicted molar refractivity (Wildman–Crippen MR) is 147 cm³/mol. The van der Waals surface area contributed by atoms with Gasteiger partial charge < -0.3 is 19.5 Å². The number of carbonyl (C=O) groups excluding carboxylic acids is 1. The monoisotopic (exact) mass is 496 g/mol. The number of nitrogens with one attached hydrogen (secondary N) is 1. The largest absolute Gasteiger partial charge is 0.385 e. The lowest BCUT2D eigenvalue weighted by Gasteiger charge is -2.35. The molecule has 0 unspecified atom stereocenters. The van der Waals surface area contributed by atoms with Crippen molar-refractivity contribution in [2.45, 2.75) is 50.7 Å².